The summed E-state index contributed by atoms with van der Waals surface area (Å²) in [6, 6.07) is 5.72. The Balaban J connectivity index is 1.90. The molecule has 0 aliphatic carbocycles. The number of hydrogen-bond donors (Lipinski definition) is 2. The van der Waals surface area contributed by atoms with Gasteiger partial charge in [-0.05, 0) is 18.9 Å². The molecule has 22 heavy (non-hydrogen) atoms. The number of nitro benzene ring substituents is 1. The number of nitrogens with one attached hydrogen (secondary N) is 1. The van der Waals surface area contributed by atoms with E-state index in [1.807, 2.05) is 0 Å². The Bertz CT molecular complexity index is 590. The highest BCUT2D eigenvalue weighted by atomic mass is 16.6. The molecule has 0 bridgehead atoms. The van der Waals surface area contributed by atoms with Gasteiger partial charge in [-0.3, -0.25) is 19.7 Å². The van der Waals surface area contributed by atoms with E-state index in [0.717, 1.165) is 6.42 Å². The summed E-state index contributed by atoms with van der Waals surface area (Å²) in [4.78, 5) is 35.3. The fraction of sp³-hybridized carbons (Fsp3) is 0.429. The van der Waals surface area contributed by atoms with Gasteiger partial charge < -0.3 is 16.0 Å². The minimum absolute atomic E-state index is 0.0360. The summed E-state index contributed by atoms with van der Waals surface area (Å²) in [5, 5.41) is 13.8. The molecule has 1 aliphatic heterocycles. The van der Waals surface area contributed by atoms with E-state index in [2.05, 4.69) is 5.32 Å². The molecule has 0 aromatic heterocycles. The molecule has 0 unspecified atom stereocenters. The van der Waals surface area contributed by atoms with Crippen LogP contribution in [0.15, 0.2) is 24.3 Å². The number of carbonyl (C=O) groups excluding carboxylic acids is 2. The van der Waals surface area contributed by atoms with Crippen LogP contribution in [-0.4, -0.2) is 40.8 Å². The molecule has 2 amide bonds. The topological polar surface area (TPSA) is 119 Å². The Hall–Kier alpha value is -2.64. The summed E-state index contributed by atoms with van der Waals surface area (Å²) in [5.74, 6) is -0.662. The van der Waals surface area contributed by atoms with Crippen molar-refractivity contribution < 1.29 is 14.5 Å². The van der Waals surface area contributed by atoms with Crippen molar-refractivity contribution in [2.75, 3.05) is 18.4 Å². The lowest BCUT2D eigenvalue weighted by Gasteiger charge is -2.22. The van der Waals surface area contributed by atoms with Gasteiger partial charge in [0.25, 0.3) is 5.69 Å². The van der Waals surface area contributed by atoms with E-state index in [4.69, 9.17) is 5.73 Å². The molecular formula is C14H18N4O4. The van der Waals surface area contributed by atoms with E-state index in [-0.39, 0.29) is 24.6 Å². The third kappa shape index (κ3) is 3.51. The van der Waals surface area contributed by atoms with Crippen molar-refractivity contribution in [2.45, 2.75) is 25.3 Å². The first-order valence-electron chi connectivity index (χ1n) is 7.07. The van der Waals surface area contributed by atoms with Crippen LogP contribution in [0.2, 0.25) is 0 Å². The van der Waals surface area contributed by atoms with Crippen LogP contribution < -0.4 is 11.1 Å². The van der Waals surface area contributed by atoms with Crippen molar-refractivity contribution in [1.82, 2.24) is 4.90 Å². The Labute approximate surface area is 127 Å². The summed E-state index contributed by atoms with van der Waals surface area (Å²) in [7, 11) is 0. The number of hydrogen-bond acceptors (Lipinski definition) is 5. The summed E-state index contributed by atoms with van der Waals surface area (Å²) < 4.78 is 0. The number of nitrogens with two attached hydrogens (primary N) is 1. The number of amides is 2. The number of benzene rings is 1. The number of anilines is 1. The van der Waals surface area contributed by atoms with Gasteiger partial charge in [-0.2, -0.15) is 0 Å². The van der Waals surface area contributed by atoms with Crippen LogP contribution in [-0.2, 0) is 9.59 Å². The maximum atomic E-state index is 12.1. The molecule has 2 rings (SSSR count). The second-order valence-electron chi connectivity index (χ2n) is 5.10. The fourth-order valence-electron chi connectivity index (χ4n) is 2.59. The van der Waals surface area contributed by atoms with Gasteiger partial charge >= 0.3 is 0 Å². The molecule has 3 N–H and O–H groups in total. The number of rotatable bonds is 6. The summed E-state index contributed by atoms with van der Waals surface area (Å²) >= 11 is 0. The van der Waals surface area contributed by atoms with Gasteiger partial charge in [-0.25, -0.2) is 0 Å². The highest BCUT2D eigenvalue weighted by molar-refractivity contribution is 5.87. The molecule has 0 radical (unpaired) electrons. The van der Waals surface area contributed by atoms with Crippen LogP contribution in [0.3, 0.4) is 0 Å². The number of carbonyl (C=O) groups is 2. The normalized spacial score (nSPS) is 17.3. The average Bonchev–Trinajstić information content (AvgIpc) is 2.97. The van der Waals surface area contributed by atoms with Gasteiger partial charge in [0.05, 0.1) is 4.92 Å². The number of nitrogens with zero attached hydrogens (tertiary/aromatic N) is 2. The SMILES string of the molecule is NC(=O)[C@H]1CCCN1C(=O)CCNc1ccccc1[N+](=O)[O-]. The fourth-order valence-corrected chi connectivity index (χ4v) is 2.59. The molecule has 0 saturated carbocycles. The Morgan fingerprint density at radius 3 is 2.82 bits per heavy atom. The highest BCUT2D eigenvalue weighted by Gasteiger charge is 2.32. The van der Waals surface area contributed by atoms with Crippen LogP contribution >= 0.6 is 0 Å². The summed E-state index contributed by atoms with van der Waals surface area (Å²) in [6.45, 7) is 0.781. The maximum Gasteiger partial charge on any atom is 0.292 e. The number of para-hydroxylation sites is 2. The summed E-state index contributed by atoms with van der Waals surface area (Å²) in [6.07, 6.45) is 1.51. The van der Waals surface area contributed by atoms with Crippen molar-refractivity contribution in [3.05, 3.63) is 34.4 Å². The Morgan fingerprint density at radius 2 is 2.14 bits per heavy atom. The van der Waals surface area contributed by atoms with Crippen LogP contribution in [0.5, 0.6) is 0 Å². The first kappa shape index (κ1) is 15.7. The predicted octanol–water partition coefficient (Wildman–Crippen LogP) is 0.873. The van der Waals surface area contributed by atoms with Crippen LogP contribution in [0, 0.1) is 10.1 Å². The Kier molecular flexibility index (Phi) is 4.92. The molecule has 8 nitrogen and oxygen atoms in total. The van der Waals surface area contributed by atoms with Crippen LogP contribution in [0.4, 0.5) is 11.4 Å². The number of primary amides is 1. The maximum absolute atomic E-state index is 12.1. The molecule has 1 aromatic carbocycles. The number of likely N-dealkylation sites (tertiary alicyclic amines) is 1. The lowest BCUT2D eigenvalue weighted by atomic mass is 10.2. The van der Waals surface area contributed by atoms with Gasteiger partial charge in [-0.15, -0.1) is 0 Å². The molecule has 1 saturated heterocycles. The zero-order chi connectivity index (χ0) is 16.1. The Morgan fingerprint density at radius 1 is 1.41 bits per heavy atom. The third-order valence-corrected chi connectivity index (χ3v) is 3.66. The molecule has 1 aliphatic rings. The lowest BCUT2D eigenvalue weighted by Crippen LogP contribution is -2.44. The van der Waals surface area contributed by atoms with Gasteiger partial charge in [-0.1, -0.05) is 12.1 Å². The minimum atomic E-state index is -0.529. The lowest BCUT2D eigenvalue weighted by molar-refractivity contribution is -0.384. The molecule has 1 fully saturated rings. The van der Waals surface area contributed by atoms with E-state index in [1.54, 1.807) is 18.2 Å². The third-order valence-electron chi connectivity index (χ3n) is 3.66. The molecule has 8 heteroatoms. The van der Waals surface area contributed by atoms with E-state index < -0.39 is 16.9 Å². The van der Waals surface area contributed by atoms with E-state index in [1.165, 1.54) is 11.0 Å². The first-order valence-corrected chi connectivity index (χ1v) is 7.07. The van der Waals surface area contributed by atoms with Crippen molar-refractivity contribution in [1.29, 1.82) is 0 Å². The minimum Gasteiger partial charge on any atom is -0.379 e. The van der Waals surface area contributed by atoms with Crippen LogP contribution in [0.25, 0.3) is 0 Å². The predicted molar refractivity (Wildman–Crippen MR) is 80.1 cm³/mol. The van der Waals surface area contributed by atoms with Crippen molar-refractivity contribution in [2.24, 2.45) is 5.73 Å². The van der Waals surface area contributed by atoms with Crippen molar-refractivity contribution in [3.8, 4) is 0 Å². The van der Waals surface area contributed by atoms with E-state index >= 15 is 0 Å². The molecule has 0 spiro atoms. The highest BCUT2D eigenvalue weighted by Crippen LogP contribution is 2.23. The standard InChI is InChI=1S/C14H18N4O4/c15-14(20)12-6-3-9-17(12)13(19)7-8-16-10-4-1-2-5-11(10)18(21)22/h1-2,4-5,12,16H,3,6-9H2,(H2,15,20)/t12-/m1/s1. The molecule has 1 aromatic rings. The molecule has 118 valence electrons. The van der Waals surface area contributed by atoms with Gasteiger partial charge in [0, 0.05) is 25.6 Å². The molecule has 1 heterocycles. The molecule has 1 atom stereocenters. The first-order chi connectivity index (χ1) is 10.5. The monoisotopic (exact) mass is 306 g/mol. The van der Waals surface area contributed by atoms with Gasteiger partial charge in [0.1, 0.15) is 11.7 Å². The molecular weight excluding hydrogens is 288 g/mol. The zero-order valence-electron chi connectivity index (χ0n) is 12.0. The zero-order valence-corrected chi connectivity index (χ0v) is 12.0. The largest absolute Gasteiger partial charge is 0.379 e. The van der Waals surface area contributed by atoms with E-state index in [9.17, 15) is 19.7 Å². The van der Waals surface area contributed by atoms with E-state index in [0.29, 0.717) is 18.7 Å². The second-order valence-corrected chi connectivity index (χ2v) is 5.10. The van der Waals surface area contributed by atoms with Crippen molar-refractivity contribution >= 4 is 23.2 Å². The van der Waals surface area contributed by atoms with Gasteiger partial charge in [0.15, 0.2) is 0 Å². The quantitative estimate of drug-likeness (QED) is 0.597. The average molecular weight is 306 g/mol. The smallest absolute Gasteiger partial charge is 0.292 e. The van der Waals surface area contributed by atoms with Crippen molar-refractivity contribution in [3.63, 3.8) is 0 Å². The summed E-state index contributed by atoms with van der Waals surface area (Å²) in [5.41, 5.74) is 5.61. The number of nitro groups is 1. The second kappa shape index (κ2) is 6.88. The van der Waals surface area contributed by atoms with Gasteiger partial charge in [0.2, 0.25) is 11.8 Å². The van der Waals surface area contributed by atoms with Crippen LogP contribution in [0.1, 0.15) is 19.3 Å².